The third-order valence-electron chi connectivity index (χ3n) is 1.68. The third kappa shape index (κ3) is 9.92. The predicted molar refractivity (Wildman–Crippen MR) is 58.2 cm³/mol. The molecular formula is C10H22OSi. The lowest BCUT2D eigenvalue weighted by Gasteiger charge is -2.11. The van der Waals surface area contributed by atoms with Crippen molar-refractivity contribution in [2.75, 3.05) is 6.61 Å². The molecule has 0 rings (SSSR count). The van der Waals surface area contributed by atoms with Crippen molar-refractivity contribution in [3.63, 3.8) is 0 Å². The minimum Gasteiger partial charge on any atom is -0.396 e. The van der Waals surface area contributed by atoms with Crippen LogP contribution in [0.5, 0.6) is 0 Å². The largest absolute Gasteiger partial charge is 0.396 e. The fourth-order valence-electron chi connectivity index (χ4n) is 0.929. The maximum atomic E-state index is 8.53. The van der Waals surface area contributed by atoms with E-state index in [2.05, 4.69) is 31.8 Å². The van der Waals surface area contributed by atoms with Crippen molar-refractivity contribution in [3.8, 4) is 0 Å². The highest BCUT2D eigenvalue weighted by atomic mass is 28.3. The Morgan fingerprint density at radius 3 is 2.25 bits per heavy atom. The average Bonchev–Trinajstić information content (AvgIpc) is 1.94. The number of aliphatic hydroxyl groups is 1. The molecular weight excluding hydrogens is 164 g/mol. The first-order chi connectivity index (χ1) is 5.56. The van der Waals surface area contributed by atoms with Gasteiger partial charge in [-0.3, -0.25) is 0 Å². The van der Waals surface area contributed by atoms with Gasteiger partial charge in [0.1, 0.15) is 0 Å². The number of allylic oxidation sites excluding steroid dienone is 2. The van der Waals surface area contributed by atoms with Gasteiger partial charge in [-0.2, -0.15) is 0 Å². The number of aliphatic hydroxyl groups excluding tert-OH is 1. The van der Waals surface area contributed by atoms with Crippen molar-refractivity contribution in [1.29, 1.82) is 0 Å². The van der Waals surface area contributed by atoms with E-state index in [1.54, 1.807) is 0 Å². The summed E-state index contributed by atoms with van der Waals surface area (Å²) in [6.07, 6.45) is 7.76. The first-order valence-electron chi connectivity index (χ1n) is 4.82. The molecule has 0 radical (unpaired) electrons. The lowest BCUT2D eigenvalue weighted by molar-refractivity contribution is 0.285. The zero-order valence-corrected chi connectivity index (χ0v) is 9.64. The van der Waals surface area contributed by atoms with Crippen LogP contribution in [0, 0.1) is 0 Å². The van der Waals surface area contributed by atoms with Crippen molar-refractivity contribution in [2.45, 2.75) is 44.9 Å². The molecule has 72 valence electrons. The molecule has 0 aliphatic rings. The molecule has 0 unspecified atom stereocenters. The standard InChI is InChI=1S/C10H22OSi/c1-12(2,3)10-8-6-4-5-7-9-11/h6,8,11H,4-5,7,9-10H2,1-3H3. The molecule has 0 bridgehead atoms. The lowest BCUT2D eigenvalue weighted by atomic mass is 10.2. The summed E-state index contributed by atoms with van der Waals surface area (Å²) >= 11 is 0. The van der Waals surface area contributed by atoms with Gasteiger partial charge in [0.25, 0.3) is 0 Å². The number of hydrogen-bond donors (Lipinski definition) is 1. The van der Waals surface area contributed by atoms with Crippen LogP contribution in [-0.4, -0.2) is 19.8 Å². The molecule has 0 spiro atoms. The minimum absolute atomic E-state index is 0.335. The van der Waals surface area contributed by atoms with Gasteiger partial charge in [0.15, 0.2) is 0 Å². The zero-order chi connectivity index (χ0) is 9.45. The van der Waals surface area contributed by atoms with Gasteiger partial charge in [0.2, 0.25) is 0 Å². The van der Waals surface area contributed by atoms with E-state index in [-0.39, 0.29) is 0 Å². The molecule has 0 aromatic rings. The van der Waals surface area contributed by atoms with Crippen LogP contribution in [-0.2, 0) is 0 Å². The molecule has 0 saturated carbocycles. The highest BCUT2D eigenvalue weighted by Gasteiger charge is 2.08. The first kappa shape index (κ1) is 11.9. The third-order valence-corrected chi connectivity index (χ3v) is 3.14. The van der Waals surface area contributed by atoms with E-state index in [9.17, 15) is 0 Å². The highest BCUT2D eigenvalue weighted by Crippen LogP contribution is 2.09. The molecule has 12 heavy (non-hydrogen) atoms. The van der Waals surface area contributed by atoms with Crippen LogP contribution in [0.1, 0.15) is 19.3 Å². The molecule has 0 atom stereocenters. The van der Waals surface area contributed by atoms with Crippen LogP contribution in [0.4, 0.5) is 0 Å². The van der Waals surface area contributed by atoms with Gasteiger partial charge in [0.05, 0.1) is 0 Å². The van der Waals surface area contributed by atoms with Gasteiger partial charge < -0.3 is 5.11 Å². The van der Waals surface area contributed by atoms with Gasteiger partial charge in [-0.25, -0.2) is 0 Å². The molecule has 0 aromatic carbocycles. The summed E-state index contributed by atoms with van der Waals surface area (Å²) in [6.45, 7) is 7.48. The van der Waals surface area contributed by atoms with E-state index in [0.29, 0.717) is 6.61 Å². The fourth-order valence-corrected chi connectivity index (χ4v) is 1.80. The zero-order valence-electron chi connectivity index (χ0n) is 8.64. The van der Waals surface area contributed by atoms with Crippen LogP contribution in [0.3, 0.4) is 0 Å². The molecule has 0 heterocycles. The van der Waals surface area contributed by atoms with E-state index in [4.69, 9.17) is 5.11 Å². The Morgan fingerprint density at radius 2 is 1.75 bits per heavy atom. The minimum atomic E-state index is -0.862. The lowest BCUT2D eigenvalue weighted by Crippen LogP contribution is -2.17. The summed E-state index contributed by atoms with van der Waals surface area (Å²) in [7, 11) is -0.862. The second-order valence-corrected chi connectivity index (χ2v) is 9.99. The predicted octanol–water partition coefficient (Wildman–Crippen LogP) is 3.04. The Labute approximate surface area is 77.5 Å². The van der Waals surface area contributed by atoms with Gasteiger partial charge in [-0.05, 0) is 25.3 Å². The summed E-state index contributed by atoms with van der Waals surface area (Å²) in [5.41, 5.74) is 0. The van der Waals surface area contributed by atoms with Crippen LogP contribution < -0.4 is 0 Å². The van der Waals surface area contributed by atoms with E-state index >= 15 is 0 Å². The van der Waals surface area contributed by atoms with E-state index in [0.717, 1.165) is 19.3 Å². The SMILES string of the molecule is C[Si](C)(C)CC=CCCCCO. The monoisotopic (exact) mass is 186 g/mol. The van der Waals surface area contributed by atoms with E-state index in [1.165, 1.54) is 6.04 Å². The van der Waals surface area contributed by atoms with Gasteiger partial charge in [0, 0.05) is 14.7 Å². The smallest absolute Gasteiger partial charge is 0.0480 e. The average molecular weight is 186 g/mol. The topological polar surface area (TPSA) is 20.2 Å². The summed E-state index contributed by atoms with van der Waals surface area (Å²) in [5, 5.41) is 8.53. The molecule has 1 nitrogen and oxygen atoms in total. The summed E-state index contributed by atoms with van der Waals surface area (Å²) in [5.74, 6) is 0. The molecule has 0 fully saturated rings. The maximum Gasteiger partial charge on any atom is 0.0480 e. The highest BCUT2D eigenvalue weighted by molar-refractivity contribution is 6.76. The van der Waals surface area contributed by atoms with Crippen LogP contribution in [0.2, 0.25) is 25.7 Å². The molecule has 0 amide bonds. The Balaban J connectivity index is 3.26. The summed E-state index contributed by atoms with van der Waals surface area (Å²) in [6, 6.07) is 1.28. The molecule has 0 aromatic heterocycles. The quantitative estimate of drug-likeness (QED) is 0.384. The van der Waals surface area contributed by atoms with Gasteiger partial charge in [-0.1, -0.05) is 31.8 Å². The Hall–Kier alpha value is -0.0831. The molecule has 2 heteroatoms. The number of unbranched alkanes of at least 4 members (excludes halogenated alkanes) is 2. The summed E-state index contributed by atoms with van der Waals surface area (Å²) < 4.78 is 0. The van der Waals surface area contributed by atoms with Crippen LogP contribution >= 0.6 is 0 Å². The normalized spacial score (nSPS) is 12.7. The van der Waals surface area contributed by atoms with Crippen LogP contribution in [0.15, 0.2) is 12.2 Å². The second kappa shape index (κ2) is 6.43. The van der Waals surface area contributed by atoms with Gasteiger partial charge >= 0.3 is 0 Å². The fraction of sp³-hybridized carbons (Fsp3) is 0.800. The Bertz CT molecular complexity index is 124. The Morgan fingerprint density at radius 1 is 1.08 bits per heavy atom. The van der Waals surface area contributed by atoms with Crippen molar-refractivity contribution in [1.82, 2.24) is 0 Å². The maximum absolute atomic E-state index is 8.53. The second-order valence-electron chi connectivity index (χ2n) is 4.46. The molecule has 1 N–H and O–H groups in total. The van der Waals surface area contributed by atoms with E-state index in [1.807, 2.05) is 0 Å². The number of rotatable bonds is 6. The molecule has 0 aliphatic heterocycles. The van der Waals surface area contributed by atoms with Crippen molar-refractivity contribution in [3.05, 3.63) is 12.2 Å². The number of hydrogen-bond acceptors (Lipinski definition) is 1. The Kier molecular flexibility index (Phi) is 6.39. The van der Waals surface area contributed by atoms with Gasteiger partial charge in [-0.15, -0.1) is 0 Å². The van der Waals surface area contributed by atoms with Crippen molar-refractivity contribution < 1.29 is 5.11 Å². The first-order valence-corrected chi connectivity index (χ1v) is 8.53. The molecule has 0 saturated heterocycles. The van der Waals surface area contributed by atoms with Crippen molar-refractivity contribution >= 4 is 8.07 Å². The van der Waals surface area contributed by atoms with Crippen molar-refractivity contribution in [2.24, 2.45) is 0 Å². The summed E-state index contributed by atoms with van der Waals surface area (Å²) in [4.78, 5) is 0. The molecule has 0 aliphatic carbocycles. The van der Waals surface area contributed by atoms with E-state index < -0.39 is 8.07 Å². The van der Waals surface area contributed by atoms with Crippen LogP contribution in [0.25, 0.3) is 0 Å².